The number of rotatable bonds is 3. The maximum atomic E-state index is 14.0. The summed E-state index contributed by atoms with van der Waals surface area (Å²) < 4.78 is 19.2. The summed E-state index contributed by atoms with van der Waals surface area (Å²) in [6, 6.07) is 11.6. The van der Waals surface area contributed by atoms with Crippen LogP contribution in [0.5, 0.6) is 0 Å². The monoisotopic (exact) mass is 286 g/mol. The summed E-state index contributed by atoms with van der Waals surface area (Å²) in [7, 11) is 0. The molecule has 2 aromatic rings. The molecular weight excluding hydrogens is 271 g/mol. The van der Waals surface area contributed by atoms with Crippen LogP contribution in [-0.2, 0) is 10.3 Å². The molecule has 1 aliphatic rings. The molecule has 1 saturated heterocycles. The highest BCUT2D eigenvalue weighted by Crippen LogP contribution is 2.31. The number of carbonyl (C=O) groups is 1. The van der Waals surface area contributed by atoms with Gasteiger partial charge in [0.15, 0.2) is 0 Å². The minimum absolute atomic E-state index is 0.255. The predicted molar refractivity (Wildman–Crippen MR) is 75.3 cm³/mol. The van der Waals surface area contributed by atoms with Crippen molar-refractivity contribution in [3.63, 3.8) is 0 Å². The lowest BCUT2D eigenvalue weighted by molar-refractivity contribution is -0.0749. The van der Waals surface area contributed by atoms with Gasteiger partial charge in [0.1, 0.15) is 17.1 Å². The molecule has 1 amide bonds. The minimum Gasteiger partial charge on any atom is -0.376 e. The number of nitrogens with one attached hydrogen (secondary N) is 1. The molecule has 1 fully saturated rings. The van der Waals surface area contributed by atoms with Crippen LogP contribution in [0.4, 0.5) is 4.39 Å². The number of hydrogen-bond donors (Lipinski definition) is 1. The lowest BCUT2D eigenvalue weighted by Gasteiger charge is -2.42. The summed E-state index contributed by atoms with van der Waals surface area (Å²) in [5.74, 6) is -0.677. The average Bonchev–Trinajstić information content (AvgIpc) is 2.43. The van der Waals surface area contributed by atoms with Crippen molar-refractivity contribution in [3.8, 4) is 0 Å². The van der Waals surface area contributed by atoms with Gasteiger partial charge in [-0.2, -0.15) is 0 Å². The summed E-state index contributed by atoms with van der Waals surface area (Å²) in [6.07, 6.45) is 0. The number of hydrogen-bond acceptors (Lipinski definition) is 3. The van der Waals surface area contributed by atoms with Gasteiger partial charge in [0, 0.05) is 11.3 Å². The van der Waals surface area contributed by atoms with Crippen LogP contribution in [0.25, 0.3) is 0 Å². The number of aryl methyl sites for hydroxylation is 1. The second-order valence-corrected chi connectivity index (χ2v) is 5.17. The molecule has 108 valence electrons. The molecule has 0 unspecified atom stereocenters. The van der Waals surface area contributed by atoms with Gasteiger partial charge in [-0.25, -0.2) is 9.37 Å². The molecule has 1 aliphatic heterocycles. The van der Waals surface area contributed by atoms with E-state index in [0.717, 1.165) is 5.69 Å². The van der Waals surface area contributed by atoms with E-state index in [1.807, 2.05) is 13.0 Å². The molecule has 1 aromatic heterocycles. The topological polar surface area (TPSA) is 51.2 Å². The van der Waals surface area contributed by atoms with Crippen molar-refractivity contribution >= 4 is 5.91 Å². The van der Waals surface area contributed by atoms with Gasteiger partial charge >= 0.3 is 0 Å². The second-order valence-electron chi connectivity index (χ2n) is 5.17. The first-order valence-electron chi connectivity index (χ1n) is 6.70. The SMILES string of the molecule is Cc1cccc(C(=O)NC2(c3ccccc3F)COC2)n1. The van der Waals surface area contributed by atoms with Gasteiger partial charge in [0.2, 0.25) is 0 Å². The summed E-state index contributed by atoms with van der Waals surface area (Å²) in [5.41, 5.74) is 0.704. The Morgan fingerprint density at radius 1 is 1.24 bits per heavy atom. The van der Waals surface area contributed by atoms with E-state index < -0.39 is 5.54 Å². The number of halogens is 1. The zero-order chi connectivity index (χ0) is 14.9. The molecule has 3 rings (SSSR count). The number of nitrogens with zero attached hydrogens (tertiary/aromatic N) is 1. The van der Waals surface area contributed by atoms with Crippen LogP contribution in [0.2, 0.25) is 0 Å². The highest BCUT2D eigenvalue weighted by molar-refractivity contribution is 5.93. The van der Waals surface area contributed by atoms with Crippen molar-refractivity contribution in [1.82, 2.24) is 10.3 Å². The third-order valence-corrected chi connectivity index (χ3v) is 3.56. The quantitative estimate of drug-likeness (QED) is 0.941. The fraction of sp³-hybridized carbons (Fsp3) is 0.250. The Balaban J connectivity index is 1.88. The Morgan fingerprint density at radius 2 is 2.00 bits per heavy atom. The van der Waals surface area contributed by atoms with Gasteiger partial charge in [0.05, 0.1) is 13.2 Å². The minimum atomic E-state index is -0.812. The number of carbonyl (C=O) groups excluding carboxylic acids is 1. The van der Waals surface area contributed by atoms with Gasteiger partial charge in [-0.15, -0.1) is 0 Å². The number of pyridine rings is 1. The number of benzene rings is 1. The van der Waals surface area contributed by atoms with E-state index >= 15 is 0 Å². The van der Waals surface area contributed by atoms with Crippen molar-refractivity contribution in [2.75, 3.05) is 13.2 Å². The Bertz CT molecular complexity index is 683. The van der Waals surface area contributed by atoms with Crippen molar-refractivity contribution in [1.29, 1.82) is 0 Å². The standard InChI is InChI=1S/C16H15FN2O2/c1-11-5-4-8-14(18-11)15(20)19-16(9-21-10-16)12-6-2-3-7-13(12)17/h2-8H,9-10H2,1H3,(H,19,20). The molecular formula is C16H15FN2O2. The third-order valence-electron chi connectivity index (χ3n) is 3.56. The van der Waals surface area contributed by atoms with Crippen LogP contribution in [0.3, 0.4) is 0 Å². The van der Waals surface area contributed by atoms with E-state index in [0.29, 0.717) is 11.3 Å². The summed E-state index contributed by atoms with van der Waals surface area (Å²) >= 11 is 0. The average molecular weight is 286 g/mol. The molecule has 0 radical (unpaired) electrons. The van der Waals surface area contributed by atoms with E-state index in [4.69, 9.17) is 4.74 Å². The van der Waals surface area contributed by atoms with Gasteiger partial charge < -0.3 is 10.1 Å². The second kappa shape index (κ2) is 5.26. The van der Waals surface area contributed by atoms with Crippen LogP contribution < -0.4 is 5.32 Å². The normalized spacial score (nSPS) is 16.1. The molecule has 4 nitrogen and oxygen atoms in total. The van der Waals surface area contributed by atoms with E-state index in [1.165, 1.54) is 6.07 Å². The fourth-order valence-electron chi connectivity index (χ4n) is 2.40. The first-order chi connectivity index (χ1) is 10.1. The van der Waals surface area contributed by atoms with Crippen molar-refractivity contribution in [2.45, 2.75) is 12.5 Å². The van der Waals surface area contributed by atoms with Crippen LogP contribution in [0.1, 0.15) is 21.7 Å². The maximum Gasteiger partial charge on any atom is 0.270 e. The number of ether oxygens (including phenoxy) is 1. The van der Waals surface area contributed by atoms with Gasteiger partial charge in [-0.05, 0) is 25.1 Å². The first kappa shape index (κ1) is 13.7. The smallest absolute Gasteiger partial charge is 0.270 e. The Morgan fingerprint density at radius 3 is 2.62 bits per heavy atom. The van der Waals surface area contributed by atoms with Crippen LogP contribution >= 0.6 is 0 Å². The highest BCUT2D eigenvalue weighted by atomic mass is 19.1. The van der Waals surface area contributed by atoms with E-state index in [9.17, 15) is 9.18 Å². The van der Waals surface area contributed by atoms with Crippen LogP contribution in [-0.4, -0.2) is 24.1 Å². The molecule has 0 spiro atoms. The molecule has 0 atom stereocenters. The third kappa shape index (κ3) is 2.52. The van der Waals surface area contributed by atoms with Gasteiger partial charge in [0.25, 0.3) is 5.91 Å². The molecule has 2 heterocycles. The molecule has 1 aromatic carbocycles. The van der Waals surface area contributed by atoms with E-state index in [2.05, 4.69) is 10.3 Å². The molecule has 5 heteroatoms. The van der Waals surface area contributed by atoms with Gasteiger partial charge in [-0.1, -0.05) is 24.3 Å². The molecule has 0 aliphatic carbocycles. The predicted octanol–water partition coefficient (Wildman–Crippen LogP) is 2.18. The molecule has 0 saturated carbocycles. The molecule has 21 heavy (non-hydrogen) atoms. The zero-order valence-electron chi connectivity index (χ0n) is 11.6. The van der Waals surface area contributed by atoms with Crippen LogP contribution in [0, 0.1) is 12.7 Å². The van der Waals surface area contributed by atoms with Gasteiger partial charge in [-0.3, -0.25) is 4.79 Å². The molecule has 0 bridgehead atoms. The number of amides is 1. The summed E-state index contributed by atoms with van der Waals surface area (Å²) in [6.45, 7) is 2.33. The van der Waals surface area contributed by atoms with Crippen molar-refractivity contribution < 1.29 is 13.9 Å². The summed E-state index contributed by atoms with van der Waals surface area (Å²) in [5, 5.41) is 2.86. The Kier molecular flexibility index (Phi) is 3.43. The fourth-order valence-corrected chi connectivity index (χ4v) is 2.40. The maximum absolute atomic E-state index is 14.0. The summed E-state index contributed by atoms with van der Waals surface area (Å²) in [4.78, 5) is 16.5. The number of aromatic nitrogens is 1. The van der Waals surface area contributed by atoms with Crippen LogP contribution in [0.15, 0.2) is 42.5 Å². The highest BCUT2D eigenvalue weighted by Gasteiger charge is 2.43. The lowest BCUT2D eigenvalue weighted by atomic mass is 9.87. The molecule has 1 N–H and O–H groups in total. The largest absolute Gasteiger partial charge is 0.376 e. The Hall–Kier alpha value is -2.27. The van der Waals surface area contributed by atoms with E-state index in [-0.39, 0.29) is 24.9 Å². The zero-order valence-corrected chi connectivity index (χ0v) is 11.6. The van der Waals surface area contributed by atoms with E-state index in [1.54, 1.807) is 30.3 Å². The lowest BCUT2D eigenvalue weighted by Crippen LogP contribution is -2.59. The van der Waals surface area contributed by atoms with Crippen molar-refractivity contribution in [2.24, 2.45) is 0 Å². The first-order valence-corrected chi connectivity index (χ1v) is 6.70. The Labute approximate surface area is 122 Å². The van der Waals surface area contributed by atoms with Crippen molar-refractivity contribution in [3.05, 3.63) is 65.2 Å².